The molecule has 106 valence electrons. The van der Waals surface area contributed by atoms with Crippen LogP contribution in [0.2, 0.25) is 0 Å². The predicted octanol–water partition coefficient (Wildman–Crippen LogP) is 5.05. The third kappa shape index (κ3) is 3.60. The van der Waals surface area contributed by atoms with Gasteiger partial charge in [0.25, 0.3) is 0 Å². The van der Waals surface area contributed by atoms with E-state index < -0.39 is 0 Å². The van der Waals surface area contributed by atoms with Crippen LogP contribution in [0.15, 0.2) is 65.4 Å². The Morgan fingerprint density at radius 3 is 2.76 bits per heavy atom. The molecule has 0 unspecified atom stereocenters. The minimum Gasteiger partial charge on any atom is -0.298 e. The fourth-order valence-corrected chi connectivity index (χ4v) is 3.15. The normalized spacial score (nSPS) is 11.7. The highest BCUT2D eigenvalue weighted by Crippen LogP contribution is 2.19. The molecule has 0 saturated heterocycles. The van der Waals surface area contributed by atoms with Gasteiger partial charge in [-0.25, -0.2) is 0 Å². The van der Waals surface area contributed by atoms with Crippen LogP contribution in [0.4, 0.5) is 0 Å². The Balaban J connectivity index is 1.67. The highest BCUT2D eigenvalue weighted by molar-refractivity contribution is 7.08. The molecule has 2 aromatic carbocycles. The van der Waals surface area contributed by atoms with Gasteiger partial charge in [-0.05, 0) is 45.8 Å². The van der Waals surface area contributed by atoms with Crippen molar-refractivity contribution in [2.24, 2.45) is 0 Å². The highest BCUT2D eigenvalue weighted by atomic mass is 32.1. The van der Waals surface area contributed by atoms with Crippen LogP contribution in [-0.4, -0.2) is 18.5 Å². The number of rotatable bonds is 5. The fourth-order valence-electron chi connectivity index (χ4n) is 2.52. The van der Waals surface area contributed by atoms with E-state index in [1.54, 1.807) is 11.3 Å². The lowest BCUT2D eigenvalue weighted by molar-refractivity contribution is 0.365. The Bertz CT molecular complexity index is 723. The van der Waals surface area contributed by atoms with E-state index in [-0.39, 0.29) is 0 Å². The number of hydrogen-bond donors (Lipinski definition) is 0. The Morgan fingerprint density at radius 2 is 1.90 bits per heavy atom. The van der Waals surface area contributed by atoms with E-state index >= 15 is 0 Å². The lowest BCUT2D eigenvalue weighted by Gasteiger charge is -2.16. The minimum atomic E-state index is 0.957. The van der Waals surface area contributed by atoms with E-state index in [9.17, 15) is 0 Å². The van der Waals surface area contributed by atoms with E-state index in [1.807, 2.05) is 0 Å². The summed E-state index contributed by atoms with van der Waals surface area (Å²) in [5.41, 5.74) is 2.68. The zero-order valence-electron chi connectivity index (χ0n) is 12.2. The summed E-state index contributed by atoms with van der Waals surface area (Å²) >= 11 is 1.74. The smallest absolute Gasteiger partial charge is 0.0240 e. The molecule has 0 atom stereocenters. The maximum Gasteiger partial charge on any atom is 0.0240 e. The first-order chi connectivity index (χ1) is 10.3. The van der Waals surface area contributed by atoms with Crippen molar-refractivity contribution in [3.8, 4) is 0 Å². The van der Waals surface area contributed by atoms with Gasteiger partial charge in [-0.1, -0.05) is 54.6 Å². The summed E-state index contributed by atoms with van der Waals surface area (Å²) in [6, 6.07) is 17.3. The van der Waals surface area contributed by atoms with Gasteiger partial charge in [-0.2, -0.15) is 11.3 Å². The summed E-state index contributed by atoms with van der Waals surface area (Å²) in [5, 5.41) is 6.95. The lowest BCUT2D eigenvalue weighted by atomic mass is 10.0. The molecular formula is C19H19NS. The molecule has 21 heavy (non-hydrogen) atoms. The Kier molecular flexibility index (Phi) is 4.49. The molecule has 0 N–H and O–H groups in total. The molecule has 3 rings (SSSR count). The second-order valence-electron chi connectivity index (χ2n) is 5.29. The predicted molar refractivity (Wildman–Crippen MR) is 93.6 cm³/mol. The van der Waals surface area contributed by atoms with Gasteiger partial charge in [0.1, 0.15) is 0 Å². The number of benzene rings is 2. The van der Waals surface area contributed by atoms with Gasteiger partial charge in [-0.15, -0.1) is 0 Å². The summed E-state index contributed by atoms with van der Waals surface area (Å²) < 4.78 is 0. The molecule has 1 heterocycles. The van der Waals surface area contributed by atoms with Crippen molar-refractivity contribution in [2.75, 3.05) is 13.6 Å². The first-order valence-corrected chi connectivity index (χ1v) is 8.11. The second kappa shape index (κ2) is 6.70. The average molecular weight is 293 g/mol. The Labute approximate surface area is 130 Å². The number of fused-ring (bicyclic) bond motifs is 1. The van der Waals surface area contributed by atoms with E-state index in [0.717, 1.165) is 13.1 Å². The summed E-state index contributed by atoms with van der Waals surface area (Å²) in [6.07, 6.45) is 4.42. The monoisotopic (exact) mass is 293 g/mol. The molecular weight excluding hydrogens is 274 g/mol. The molecule has 1 aromatic heterocycles. The summed E-state index contributed by atoms with van der Waals surface area (Å²) in [6.45, 7) is 1.92. The number of nitrogens with zero attached hydrogens (tertiary/aromatic N) is 1. The summed E-state index contributed by atoms with van der Waals surface area (Å²) in [7, 11) is 2.17. The van der Waals surface area contributed by atoms with Crippen LogP contribution in [0.25, 0.3) is 16.8 Å². The molecule has 0 aliphatic heterocycles. The molecule has 0 bridgehead atoms. The molecule has 0 fully saturated rings. The number of thiophene rings is 1. The van der Waals surface area contributed by atoms with Crippen molar-refractivity contribution in [3.63, 3.8) is 0 Å². The van der Waals surface area contributed by atoms with Crippen LogP contribution in [0.3, 0.4) is 0 Å². The molecule has 1 nitrogen and oxygen atoms in total. The molecule has 0 radical (unpaired) electrons. The highest BCUT2D eigenvalue weighted by Gasteiger charge is 2.03. The van der Waals surface area contributed by atoms with Crippen LogP contribution >= 0.6 is 11.3 Å². The minimum absolute atomic E-state index is 0.957. The number of hydrogen-bond acceptors (Lipinski definition) is 2. The van der Waals surface area contributed by atoms with E-state index in [4.69, 9.17) is 0 Å². The molecule has 0 spiro atoms. The van der Waals surface area contributed by atoms with E-state index in [2.05, 4.69) is 83.4 Å². The third-order valence-electron chi connectivity index (χ3n) is 3.59. The molecule has 0 saturated carbocycles. The fraction of sp³-hybridized carbons (Fsp3) is 0.158. The zero-order valence-corrected chi connectivity index (χ0v) is 13.0. The van der Waals surface area contributed by atoms with Gasteiger partial charge in [0, 0.05) is 13.1 Å². The van der Waals surface area contributed by atoms with Crippen molar-refractivity contribution >= 4 is 28.2 Å². The second-order valence-corrected chi connectivity index (χ2v) is 6.07. The molecule has 0 aliphatic rings. The largest absolute Gasteiger partial charge is 0.298 e. The average Bonchev–Trinajstić information content (AvgIpc) is 3.01. The van der Waals surface area contributed by atoms with Crippen LogP contribution in [0, 0.1) is 0 Å². The van der Waals surface area contributed by atoms with Crippen molar-refractivity contribution in [1.29, 1.82) is 0 Å². The summed E-state index contributed by atoms with van der Waals surface area (Å²) in [5.74, 6) is 0. The van der Waals surface area contributed by atoms with Gasteiger partial charge in [0.2, 0.25) is 0 Å². The molecule has 2 heteroatoms. The maximum absolute atomic E-state index is 2.34. The van der Waals surface area contributed by atoms with Crippen molar-refractivity contribution in [1.82, 2.24) is 4.90 Å². The molecule has 0 aliphatic carbocycles. The van der Waals surface area contributed by atoms with Gasteiger partial charge in [0.15, 0.2) is 0 Å². The quantitative estimate of drug-likeness (QED) is 0.636. The molecule has 0 amide bonds. The lowest BCUT2D eigenvalue weighted by Crippen LogP contribution is -2.17. The van der Waals surface area contributed by atoms with E-state index in [1.165, 1.54) is 21.9 Å². The van der Waals surface area contributed by atoms with Crippen LogP contribution in [0.1, 0.15) is 11.1 Å². The Morgan fingerprint density at radius 1 is 1.05 bits per heavy atom. The molecule has 3 aromatic rings. The van der Waals surface area contributed by atoms with Gasteiger partial charge < -0.3 is 0 Å². The Hall–Kier alpha value is -1.90. The first-order valence-electron chi connectivity index (χ1n) is 7.17. The van der Waals surface area contributed by atoms with Gasteiger partial charge >= 0.3 is 0 Å². The SMILES string of the molecule is CN(C/C=C/c1ccsc1)Cc1cccc2ccccc12. The topological polar surface area (TPSA) is 3.24 Å². The number of likely N-dealkylation sites (N-methyl/N-ethyl adjacent to an activating group) is 1. The van der Waals surface area contributed by atoms with Gasteiger partial charge in [0.05, 0.1) is 0 Å². The van der Waals surface area contributed by atoms with Crippen molar-refractivity contribution < 1.29 is 0 Å². The van der Waals surface area contributed by atoms with Crippen LogP contribution in [0.5, 0.6) is 0 Å². The standard InChI is InChI=1S/C19H19NS/c1-20(12-5-6-16-11-13-21-15-16)14-18-9-4-8-17-7-2-3-10-19(17)18/h2-11,13,15H,12,14H2,1H3/b6-5+. The third-order valence-corrected chi connectivity index (χ3v) is 4.29. The van der Waals surface area contributed by atoms with Crippen molar-refractivity contribution in [2.45, 2.75) is 6.54 Å². The van der Waals surface area contributed by atoms with Gasteiger partial charge in [-0.3, -0.25) is 4.90 Å². The summed E-state index contributed by atoms with van der Waals surface area (Å²) in [4.78, 5) is 2.34. The van der Waals surface area contributed by atoms with E-state index in [0.29, 0.717) is 0 Å². The first kappa shape index (κ1) is 14.1. The van der Waals surface area contributed by atoms with Crippen molar-refractivity contribution in [3.05, 3.63) is 76.5 Å². The van der Waals surface area contributed by atoms with Crippen LogP contribution < -0.4 is 0 Å². The zero-order chi connectivity index (χ0) is 14.5. The maximum atomic E-state index is 2.34. The van der Waals surface area contributed by atoms with Crippen LogP contribution in [-0.2, 0) is 6.54 Å².